The average molecular weight is 270 g/mol. The maximum Gasteiger partial charge on any atom is 0.237 e. The number of hydrogen-bond acceptors (Lipinski definition) is 3. The Bertz CT molecular complexity index is 578. The van der Waals surface area contributed by atoms with E-state index >= 15 is 0 Å². The number of furan rings is 1. The van der Waals surface area contributed by atoms with Crippen LogP contribution in [0.3, 0.4) is 0 Å². The molecule has 1 atom stereocenters. The van der Waals surface area contributed by atoms with Gasteiger partial charge in [-0.3, -0.25) is 4.79 Å². The van der Waals surface area contributed by atoms with Crippen LogP contribution in [0.2, 0.25) is 0 Å². The van der Waals surface area contributed by atoms with Gasteiger partial charge in [0.05, 0.1) is 12.3 Å². The van der Waals surface area contributed by atoms with E-state index in [1.165, 1.54) is 11.1 Å². The lowest BCUT2D eigenvalue weighted by atomic mass is 9.95. The van der Waals surface area contributed by atoms with Gasteiger partial charge in [-0.1, -0.05) is 24.3 Å². The van der Waals surface area contributed by atoms with Gasteiger partial charge in [0.15, 0.2) is 0 Å². The number of rotatable bonds is 4. The number of benzene rings is 1. The number of fused-ring (bicyclic) bond motifs is 1. The fourth-order valence-corrected chi connectivity index (χ4v) is 2.53. The van der Waals surface area contributed by atoms with Crippen molar-refractivity contribution >= 4 is 5.91 Å². The van der Waals surface area contributed by atoms with Gasteiger partial charge in [-0.15, -0.1) is 0 Å². The molecule has 0 radical (unpaired) electrons. The van der Waals surface area contributed by atoms with Crippen LogP contribution in [-0.2, 0) is 24.2 Å². The predicted molar refractivity (Wildman–Crippen MR) is 76.2 cm³/mol. The van der Waals surface area contributed by atoms with Crippen molar-refractivity contribution in [2.75, 3.05) is 6.54 Å². The second kappa shape index (κ2) is 5.92. The van der Waals surface area contributed by atoms with Crippen molar-refractivity contribution in [3.63, 3.8) is 0 Å². The van der Waals surface area contributed by atoms with Crippen LogP contribution in [0.15, 0.2) is 47.1 Å². The van der Waals surface area contributed by atoms with Gasteiger partial charge in [0.2, 0.25) is 5.91 Å². The highest BCUT2D eigenvalue weighted by Gasteiger charge is 2.23. The molecule has 0 saturated heterocycles. The molecular formula is C16H18N2O2. The molecule has 20 heavy (non-hydrogen) atoms. The fraction of sp³-hybridized carbons (Fsp3) is 0.312. The van der Waals surface area contributed by atoms with E-state index in [2.05, 4.69) is 22.8 Å². The Kier molecular flexibility index (Phi) is 3.83. The quantitative estimate of drug-likeness (QED) is 0.888. The minimum Gasteiger partial charge on any atom is -0.469 e. The zero-order chi connectivity index (χ0) is 13.8. The van der Waals surface area contributed by atoms with E-state index in [-0.39, 0.29) is 11.9 Å². The first kappa shape index (κ1) is 12.9. The van der Waals surface area contributed by atoms with Crippen LogP contribution in [-0.4, -0.2) is 18.5 Å². The van der Waals surface area contributed by atoms with E-state index < -0.39 is 0 Å². The molecule has 0 aliphatic carbocycles. The highest BCUT2D eigenvalue weighted by Crippen LogP contribution is 2.16. The largest absolute Gasteiger partial charge is 0.469 e. The molecule has 4 heteroatoms. The molecule has 1 aromatic carbocycles. The maximum absolute atomic E-state index is 12.1. The topological polar surface area (TPSA) is 54.3 Å². The Labute approximate surface area is 118 Å². The second-order valence-corrected chi connectivity index (χ2v) is 5.03. The van der Waals surface area contributed by atoms with Gasteiger partial charge < -0.3 is 15.1 Å². The summed E-state index contributed by atoms with van der Waals surface area (Å²) in [5, 5.41) is 6.24. The molecule has 2 N–H and O–H groups in total. The van der Waals surface area contributed by atoms with Gasteiger partial charge in [0.25, 0.3) is 0 Å². The van der Waals surface area contributed by atoms with E-state index in [1.807, 2.05) is 24.3 Å². The van der Waals surface area contributed by atoms with Gasteiger partial charge >= 0.3 is 0 Å². The summed E-state index contributed by atoms with van der Waals surface area (Å²) in [5.41, 5.74) is 2.55. The molecule has 0 spiro atoms. The zero-order valence-corrected chi connectivity index (χ0v) is 11.3. The summed E-state index contributed by atoms with van der Waals surface area (Å²) in [5.74, 6) is 0.957. The van der Waals surface area contributed by atoms with Gasteiger partial charge in [-0.05, 0) is 29.7 Å². The molecule has 1 amide bonds. The highest BCUT2D eigenvalue weighted by atomic mass is 16.3. The van der Waals surface area contributed by atoms with Crippen LogP contribution in [0.25, 0.3) is 0 Å². The molecule has 3 rings (SSSR count). The minimum absolute atomic E-state index is 0.0612. The van der Waals surface area contributed by atoms with Crippen molar-refractivity contribution in [2.45, 2.75) is 25.4 Å². The zero-order valence-electron chi connectivity index (χ0n) is 11.3. The molecule has 2 heterocycles. The molecular weight excluding hydrogens is 252 g/mol. The monoisotopic (exact) mass is 270 g/mol. The van der Waals surface area contributed by atoms with E-state index in [0.717, 1.165) is 25.1 Å². The van der Waals surface area contributed by atoms with Crippen LogP contribution in [0, 0.1) is 0 Å². The van der Waals surface area contributed by atoms with Gasteiger partial charge in [-0.2, -0.15) is 0 Å². The lowest BCUT2D eigenvalue weighted by Gasteiger charge is -2.25. The lowest BCUT2D eigenvalue weighted by Crippen LogP contribution is -2.48. The molecule has 4 nitrogen and oxygen atoms in total. The van der Waals surface area contributed by atoms with Crippen molar-refractivity contribution in [1.29, 1.82) is 0 Å². The van der Waals surface area contributed by atoms with Gasteiger partial charge in [-0.25, -0.2) is 0 Å². The van der Waals surface area contributed by atoms with Crippen molar-refractivity contribution in [3.05, 3.63) is 59.5 Å². The summed E-state index contributed by atoms with van der Waals surface area (Å²) in [7, 11) is 0. The minimum atomic E-state index is -0.137. The van der Waals surface area contributed by atoms with Crippen LogP contribution >= 0.6 is 0 Å². The predicted octanol–water partition coefficient (Wildman–Crippen LogP) is 1.65. The summed E-state index contributed by atoms with van der Waals surface area (Å²) in [6.45, 7) is 1.36. The third kappa shape index (κ3) is 2.91. The number of carbonyl (C=O) groups excluding carboxylic acids is 1. The number of nitrogens with one attached hydrogen (secondary N) is 2. The number of amides is 1. The third-order valence-corrected chi connectivity index (χ3v) is 3.65. The molecule has 1 aliphatic heterocycles. The smallest absolute Gasteiger partial charge is 0.237 e. The average Bonchev–Trinajstić information content (AvgIpc) is 3.00. The Morgan fingerprint density at radius 2 is 2.10 bits per heavy atom. The maximum atomic E-state index is 12.1. The van der Waals surface area contributed by atoms with Gasteiger partial charge in [0.1, 0.15) is 5.76 Å². The number of carbonyl (C=O) groups is 1. The summed E-state index contributed by atoms with van der Waals surface area (Å²) in [6.07, 6.45) is 3.13. The van der Waals surface area contributed by atoms with Crippen LogP contribution < -0.4 is 10.6 Å². The molecule has 0 bridgehead atoms. The molecule has 1 aliphatic rings. The molecule has 0 fully saturated rings. The second-order valence-electron chi connectivity index (χ2n) is 5.03. The summed E-state index contributed by atoms with van der Waals surface area (Å²) >= 11 is 0. The highest BCUT2D eigenvalue weighted by molar-refractivity contribution is 5.82. The van der Waals surface area contributed by atoms with E-state index in [9.17, 15) is 4.79 Å². The van der Waals surface area contributed by atoms with Crippen molar-refractivity contribution in [3.8, 4) is 0 Å². The first-order valence-electron chi connectivity index (χ1n) is 6.93. The molecule has 1 aromatic heterocycles. The normalized spacial score (nSPS) is 17.5. The molecule has 0 saturated carbocycles. The summed E-state index contributed by atoms with van der Waals surface area (Å²) < 4.78 is 5.24. The Morgan fingerprint density at radius 1 is 1.25 bits per heavy atom. The van der Waals surface area contributed by atoms with Crippen LogP contribution in [0.1, 0.15) is 16.9 Å². The van der Waals surface area contributed by atoms with E-state index in [1.54, 1.807) is 6.26 Å². The Balaban J connectivity index is 1.51. The fourth-order valence-electron chi connectivity index (χ4n) is 2.53. The van der Waals surface area contributed by atoms with Gasteiger partial charge in [0, 0.05) is 19.5 Å². The third-order valence-electron chi connectivity index (χ3n) is 3.65. The number of hydrogen-bond donors (Lipinski definition) is 2. The molecule has 1 unspecified atom stereocenters. The summed E-state index contributed by atoms with van der Waals surface area (Å²) in [6, 6.07) is 11.9. The SMILES string of the molecule is O=C(NCCc1ccco1)C1Cc2ccccc2CN1. The summed E-state index contributed by atoms with van der Waals surface area (Å²) in [4.78, 5) is 12.1. The van der Waals surface area contributed by atoms with Crippen molar-refractivity contribution < 1.29 is 9.21 Å². The first-order chi connectivity index (χ1) is 9.83. The van der Waals surface area contributed by atoms with Crippen LogP contribution in [0.5, 0.6) is 0 Å². The van der Waals surface area contributed by atoms with E-state index in [4.69, 9.17) is 4.42 Å². The van der Waals surface area contributed by atoms with Crippen LogP contribution in [0.4, 0.5) is 0 Å². The first-order valence-corrected chi connectivity index (χ1v) is 6.93. The Morgan fingerprint density at radius 3 is 2.90 bits per heavy atom. The Hall–Kier alpha value is -2.07. The molecule has 2 aromatic rings. The van der Waals surface area contributed by atoms with E-state index in [0.29, 0.717) is 6.54 Å². The standard InChI is InChI=1S/C16H18N2O2/c19-16(17-8-7-14-6-3-9-20-14)15-10-12-4-1-2-5-13(12)11-18-15/h1-6,9,15,18H,7-8,10-11H2,(H,17,19). The van der Waals surface area contributed by atoms with Crippen molar-refractivity contribution in [2.24, 2.45) is 0 Å². The van der Waals surface area contributed by atoms with Crippen molar-refractivity contribution in [1.82, 2.24) is 10.6 Å². The molecule has 104 valence electrons. The lowest BCUT2D eigenvalue weighted by molar-refractivity contribution is -0.123.